The van der Waals surface area contributed by atoms with E-state index in [1.807, 2.05) is 0 Å². The third-order valence-corrected chi connectivity index (χ3v) is 6.44. The zero-order valence-corrected chi connectivity index (χ0v) is 21.4. The summed E-state index contributed by atoms with van der Waals surface area (Å²) in [6, 6.07) is 3.95. The van der Waals surface area contributed by atoms with Crippen molar-refractivity contribution >= 4 is 29.5 Å². The van der Waals surface area contributed by atoms with Crippen LogP contribution in [0.4, 0.5) is 10.5 Å². The normalized spacial score (nSPS) is 24.6. The van der Waals surface area contributed by atoms with E-state index >= 15 is 0 Å². The fraction of sp³-hybridized carbons (Fsp3) is 0.538. The second kappa shape index (κ2) is 10.7. The lowest BCUT2D eigenvalue weighted by Crippen LogP contribution is -2.44. The number of carbonyl (C=O) groups excluding carboxylic acids is 4. The van der Waals surface area contributed by atoms with E-state index in [4.69, 9.17) is 14.2 Å². The van der Waals surface area contributed by atoms with Crippen LogP contribution >= 0.6 is 0 Å². The molecule has 1 amide bonds. The lowest BCUT2D eigenvalue weighted by atomic mass is 9.92. The molecule has 1 saturated heterocycles. The third kappa shape index (κ3) is 6.33. The molecule has 3 rings (SSSR count). The van der Waals surface area contributed by atoms with Crippen molar-refractivity contribution in [2.24, 2.45) is 11.3 Å². The molecule has 0 radical (unpaired) electrons. The summed E-state index contributed by atoms with van der Waals surface area (Å²) in [6.45, 7) is 10.6. The molecule has 0 bridgehead atoms. The van der Waals surface area contributed by atoms with Crippen molar-refractivity contribution < 1.29 is 38.3 Å². The summed E-state index contributed by atoms with van der Waals surface area (Å²) in [5.74, 6) is -1.79. The van der Waals surface area contributed by atoms with Crippen LogP contribution in [0.5, 0.6) is 0 Å². The first-order valence-corrected chi connectivity index (χ1v) is 12.1. The fourth-order valence-corrected chi connectivity index (χ4v) is 4.51. The van der Waals surface area contributed by atoms with Crippen molar-refractivity contribution in [3.63, 3.8) is 0 Å². The molecule has 11 nitrogen and oxygen atoms in total. The number of Topliss-reactive ketones (excluding diaryl/α,β-unsaturated/α-hetero) is 1. The van der Waals surface area contributed by atoms with Crippen LogP contribution in [0.15, 0.2) is 36.9 Å². The Bertz CT molecular complexity index is 1090. The van der Waals surface area contributed by atoms with Crippen LogP contribution in [0.3, 0.4) is 0 Å². The maximum absolute atomic E-state index is 13.5. The number of hydrogen-bond acceptors (Lipinski definition) is 9. The number of nitro benzene ring substituents is 1. The molecular weight excluding hydrogens is 484 g/mol. The highest BCUT2D eigenvalue weighted by Crippen LogP contribution is 2.57. The molecule has 1 aliphatic heterocycles. The number of amides is 1. The Morgan fingerprint density at radius 3 is 2.38 bits per heavy atom. The molecule has 200 valence electrons. The van der Waals surface area contributed by atoms with E-state index in [1.54, 1.807) is 33.8 Å². The highest BCUT2D eigenvalue weighted by molar-refractivity contribution is 5.94. The van der Waals surface area contributed by atoms with Crippen LogP contribution in [0.25, 0.3) is 0 Å². The summed E-state index contributed by atoms with van der Waals surface area (Å²) in [5, 5.41) is 10.9. The van der Waals surface area contributed by atoms with E-state index in [0.29, 0.717) is 6.42 Å². The maximum Gasteiger partial charge on any atom is 0.411 e. The van der Waals surface area contributed by atoms with Crippen LogP contribution < -0.4 is 0 Å². The average molecular weight is 517 g/mol. The van der Waals surface area contributed by atoms with Gasteiger partial charge in [0.25, 0.3) is 5.69 Å². The van der Waals surface area contributed by atoms with Gasteiger partial charge in [0.15, 0.2) is 5.78 Å². The number of esters is 2. The van der Waals surface area contributed by atoms with Gasteiger partial charge in [-0.3, -0.25) is 24.6 Å². The van der Waals surface area contributed by atoms with Crippen molar-refractivity contribution in [3.8, 4) is 0 Å². The first-order chi connectivity index (χ1) is 17.3. The first-order valence-electron chi connectivity index (χ1n) is 12.1. The van der Waals surface area contributed by atoms with Crippen molar-refractivity contribution in [1.29, 1.82) is 0 Å². The standard InChI is InChI=1S/C26H32N2O9/c1-6-17-13-26(17,23(31)35-7-2)14-21(29)20-12-19(15-27(20)24(32)37-25(3,4)5)36-22(30)16-8-10-18(11-9-16)28(33)34/h6,8-11,17,19-20H,1,7,12-15H2,2-5H3/t17-,19-,20+,26-/m1/s1. The summed E-state index contributed by atoms with van der Waals surface area (Å²) < 4.78 is 16.2. The van der Waals surface area contributed by atoms with E-state index in [1.165, 1.54) is 29.2 Å². The number of benzene rings is 1. The third-order valence-electron chi connectivity index (χ3n) is 6.44. The van der Waals surface area contributed by atoms with Crippen molar-refractivity contribution in [2.75, 3.05) is 13.2 Å². The minimum Gasteiger partial charge on any atom is -0.466 e. The second-order valence-electron chi connectivity index (χ2n) is 10.3. The summed E-state index contributed by atoms with van der Waals surface area (Å²) in [6.07, 6.45) is 0.375. The number of nitro groups is 1. The van der Waals surface area contributed by atoms with Gasteiger partial charge >= 0.3 is 18.0 Å². The average Bonchev–Trinajstić information content (AvgIpc) is 3.37. The summed E-state index contributed by atoms with van der Waals surface area (Å²) >= 11 is 0. The number of ether oxygens (including phenoxy) is 3. The van der Waals surface area contributed by atoms with Gasteiger partial charge in [-0.05, 0) is 52.2 Å². The summed E-state index contributed by atoms with van der Waals surface area (Å²) in [4.78, 5) is 63.2. The van der Waals surface area contributed by atoms with Crippen LogP contribution in [-0.4, -0.2) is 64.5 Å². The van der Waals surface area contributed by atoms with Gasteiger partial charge in [0, 0.05) is 25.0 Å². The Balaban J connectivity index is 1.77. The molecule has 0 spiro atoms. The zero-order valence-electron chi connectivity index (χ0n) is 21.4. The number of rotatable bonds is 9. The van der Waals surface area contributed by atoms with Gasteiger partial charge < -0.3 is 14.2 Å². The van der Waals surface area contributed by atoms with E-state index < -0.39 is 46.1 Å². The number of likely N-dealkylation sites (tertiary alicyclic amines) is 1. The molecule has 11 heteroatoms. The molecule has 0 N–H and O–H groups in total. The maximum atomic E-state index is 13.5. The number of nitrogens with zero attached hydrogens (tertiary/aromatic N) is 2. The number of hydrogen-bond donors (Lipinski definition) is 0. The Hall–Kier alpha value is -3.76. The fourth-order valence-electron chi connectivity index (χ4n) is 4.51. The van der Waals surface area contributed by atoms with Crippen molar-refractivity contribution in [1.82, 2.24) is 4.90 Å². The van der Waals surface area contributed by atoms with Gasteiger partial charge in [-0.2, -0.15) is 0 Å². The molecule has 1 saturated carbocycles. The minimum absolute atomic E-state index is 0.0223. The van der Waals surface area contributed by atoms with Crippen LogP contribution in [-0.2, 0) is 23.8 Å². The lowest BCUT2D eigenvalue weighted by molar-refractivity contribution is -0.384. The molecule has 37 heavy (non-hydrogen) atoms. The molecule has 1 aromatic rings. The predicted molar refractivity (Wildman–Crippen MR) is 131 cm³/mol. The van der Waals surface area contributed by atoms with Crippen molar-refractivity contribution in [3.05, 3.63) is 52.6 Å². The van der Waals surface area contributed by atoms with Gasteiger partial charge in [-0.25, -0.2) is 9.59 Å². The second-order valence-corrected chi connectivity index (χ2v) is 10.3. The minimum atomic E-state index is -1.01. The van der Waals surface area contributed by atoms with E-state index in [-0.39, 0.29) is 48.9 Å². The molecule has 4 atom stereocenters. The number of allylic oxidation sites excluding steroid dienone is 1. The smallest absolute Gasteiger partial charge is 0.411 e. The Kier molecular flexibility index (Phi) is 8.04. The number of carbonyl (C=O) groups is 4. The predicted octanol–water partition coefficient (Wildman–Crippen LogP) is 3.84. The first kappa shape index (κ1) is 27.8. The largest absolute Gasteiger partial charge is 0.466 e. The van der Waals surface area contributed by atoms with Gasteiger partial charge in [0.05, 0.1) is 35.1 Å². The molecule has 2 fully saturated rings. The topological polar surface area (TPSA) is 142 Å². The van der Waals surface area contributed by atoms with E-state index in [2.05, 4.69) is 6.58 Å². The molecule has 1 heterocycles. The van der Waals surface area contributed by atoms with E-state index in [0.717, 1.165) is 0 Å². The van der Waals surface area contributed by atoms with Gasteiger partial charge in [0.2, 0.25) is 0 Å². The molecular formula is C26H32N2O9. The highest BCUT2D eigenvalue weighted by Gasteiger charge is 2.61. The van der Waals surface area contributed by atoms with Crippen LogP contribution in [0.2, 0.25) is 0 Å². The zero-order chi connectivity index (χ0) is 27.5. The molecule has 1 aliphatic carbocycles. The van der Waals surface area contributed by atoms with Crippen LogP contribution in [0, 0.1) is 21.4 Å². The SMILES string of the molecule is C=C[C@@H]1C[C@]1(CC(=O)[C@@H]1C[C@@H](OC(=O)c2ccc([N+](=O)[O-])cc2)CN1C(=O)OC(C)(C)C)C(=O)OCC. The number of ketones is 1. The molecule has 2 aliphatic rings. The van der Waals surface area contributed by atoms with Crippen LogP contribution in [0.1, 0.15) is 57.3 Å². The van der Waals surface area contributed by atoms with Gasteiger partial charge in [-0.1, -0.05) is 6.08 Å². The Morgan fingerprint density at radius 1 is 1.22 bits per heavy atom. The van der Waals surface area contributed by atoms with Gasteiger partial charge in [0.1, 0.15) is 11.7 Å². The summed E-state index contributed by atoms with van der Waals surface area (Å²) in [7, 11) is 0. The molecule has 0 aromatic heterocycles. The van der Waals surface area contributed by atoms with Gasteiger partial charge in [-0.15, -0.1) is 6.58 Å². The number of non-ortho nitro benzene ring substituents is 1. The molecule has 0 unspecified atom stereocenters. The molecule has 1 aromatic carbocycles. The Labute approximate surface area is 214 Å². The summed E-state index contributed by atoms with van der Waals surface area (Å²) in [5.41, 5.74) is -1.92. The monoisotopic (exact) mass is 516 g/mol. The van der Waals surface area contributed by atoms with E-state index in [9.17, 15) is 29.3 Å². The highest BCUT2D eigenvalue weighted by atomic mass is 16.6. The quantitative estimate of drug-likeness (QED) is 0.157. The lowest BCUT2D eigenvalue weighted by Gasteiger charge is -2.28. The Morgan fingerprint density at radius 2 is 1.86 bits per heavy atom. The van der Waals surface area contributed by atoms with Crippen molar-refractivity contribution in [2.45, 2.75) is 64.7 Å².